The van der Waals surface area contributed by atoms with Gasteiger partial charge in [0.2, 0.25) is 5.91 Å². The number of nitrogens with zero attached hydrogens (tertiary/aromatic N) is 3. The smallest absolute Gasteiger partial charge is 0.347 e. The van der Waals surface area contributed by atoms with E-state index in [1.54, 1.807) is 4.90 Å². The number of hydrogen-bond acceptors (Lipinski definition) is 5. The van der Waals surface area contributed by atoms with Crippen molar-refractivity contribution in [2.45, 2.75) is 25.1 Å². The van der Waals surface area contributed by atoms with Crippen molar-refractivity contribution in [1.29, 1.82) is 0 Å². The average Bonchev–Trinajstić information content (AvgIpc) is 3.23. The van der Waals surface area contributed by atoms with Crippen LogP contribution in [-0.4, -0.2) is 46.9 Å². The van der Waals surface area contributed by atoms with E-state index in [1.807, 2.05) is 0 Å². The van der Waals surface area contributed by atoms with Crippen LogP contribution in [0.25, 0.3) is 10.2 Å². The number of nitrogens with one attached hydrogen (secondary N) is 2. The molecule has 2 N–H and O–H groups in total. The maximum atomic E-state index is 13.5. The molecule has 1 fully saturated rings. The van der Waals surface area contributed by atoms with Crippen LogP contribution in [0.1, 0.15) is 28.1 Å². The summed E-state index contributed by atoms with van der Waals surface area (Å²) >= 11 is 6.81. The first-order valence-electron chi connectivity index (χ1n) is 11.2. The summed E-state index contributed by atoms with van der Waals surface area (Å²) in [6, 6.07) is 3.68. The molecule has 4 heterocycles. The van der Waals surface area contributed by atoms with E-state index in [9.17, 15) is 27.6 Å². The minimum Gasteiger partial charge on any atom is -0.347 e. The van der Waals surface area contributed by atoms with Crippen molar-refractivity contribution in [2.75, 3.05) is 23.3 Å². The highest BCUT2D eigenvalue weighted by atomic mass is 35.5. The van der Waals surface area contributed by atoms with Gasteiger partial charge in [0.15, 0.2) is 0 Å². The Labute approximate surface area is 217 Å². The summed E-state index contributed by atoms with van der Waals surface area (Å²) in [5, 5.41) is 5.53. The molecule has 1 saturated heterocycles. The van der Waals surface area contributed by atoms with E-state index in [1.165, 1.54) is 24.4 Å². The molecule has 0 saturated carbocycles. The number of halogens is 4. The Kier molecular flexibility index (Phi) is 6.32. The second-order valence-electron chi connectivity index (χ2n) is 8.54. The molecule has 2 aliphatic rings. The summed E-state index contributed by atoms with van der Waals surface area (Å²) in [6.07, 6.45) is -0.674. The van der Waals surface area contributed by atoms with Crippen LogP contribution in [0.4, 0.5) is 35.0 Å². The lowest BCUT2D eigenvalue weighted by Gasteiger charge is -2.32. The minimum atomic E-state index is -4.71. The Morgan fingerprint density at radius 3 is 2.81 bits per heavy atom. The van der Waals surface area contributed by atoms with Gasteiger partial charge in [-0.15, -0.1) is 11.3 Å². The summed E-state index contributed by atoms with van der Waals surface area (Å²) < 4.78 is 40.4. The number of piperidine rings is 1. The first kappa shape index (κ1) is 25.0. The fourth-order valence-electron chi connectivity index (χ4n) is 4.55. The molecule has 37 heavy (non-hydrogen) atoms. The van der Waals surface area contributed by atoms with Crippen LogP contribution in [-0.2, 0) is 11.0 Å². The van der Waals surface area contributed by atoms with E-state index in [-0.39, 0.29) is 33.9 Å². The molecule has 0 bridgehead atoms. The third kappa shape index (κ3) is 4.51. The molecule has 1 aromatic carbocycles. The first-order valence-corrected chi connectivity index (χ1v) is 12.4. The van der Waals surface area contributed by atoms with E-state index in [0.29, 0.717) is 36.1 Å². The summed E-state index contributed by atoms with van der Waals surface area (Å²) in [4.78, 5) is 46.0. The van der Waals surface area contributed by atoms with E-state index in [2.05, 4.69) is 22.2 Å². The number of alkyl halides is 3. The zero-order chi connectivity index (χ0) is 26.5. The summed E-state index contributed by atoms with van der Waals surface area (Å²) in [6.45, 7) is 4.40. The topological polar surface area (TPSA) is 94.6 Å². The third-order valence-corrected chi connectivity index (χ3v) is 7.63. The second-order valence-corrected chi connectivity index (χ2v) is 9.95. The lowest BCUT2D eigenvalue weighted by molar-refractivity contribution is -0.137. The minimum absolute atomic E-state index is 0.0428. The number of benzene rings is 1. The number of hydrogen-bond donors (Lipinski definition) is 2. The van der Waals surface area contributed by atoms with Crippen LogP contribution in [0.2, 0.25) is 5.02 Å². The van der Waals surface area contributed by atoms with Crippen molar-refractivity contribution in [2.24, 2.45) is 0 Å². The highest BCUT2D eigenvalue weighted by Crippen LogP contribution is 2.47. The van der Waals surface area contributed by atoms with Gasteiger partial charge in [-0.1, -0.05) is 18.2 Å². The Morgan fingerprint density at radius 2 is 2.08 bits per heavy atom. The number of pyridine rings is 1. The number of anilines is 3. The average molecular weight is 550 g/mol. The quantitative estimate of drug-likeness (QED) is 0.417. The number of urea groups is 1. The Balaban J connectivity index is 1.50. The zero-order valence-corrected chi connectivity index (χ0v) is 20.6. The highest BCUT2D eigenvalue weighted by Gasteiger charge is 2.37. The van der Waals surface area contributed by atoms with Gasteiger partial charge in [-0.25, -0.2) is 9.78 Å². The van der Waals surface area contributed by atoms with Gasteiger partial charge in [0, 0.05) is 25.3 Å². The molecule has 0 spiro atoms. The lowest BCUT2D eigenvalue weighted by Crippen LogP contribution is -2.49. The van der Waals surface area contributed by atoms with E-state index < -0.39 is 28.7 Å². The predicted molar refractivity (Wildman–Crippen MR) is 134 cm³/mol. The molecule has 1 unspecified atom stereocenters. The van der Waals surface area contributed by atoms with Crippen LogP contribution in [0.3, 0.4) is 0 Å². The maximum Gasteiger partial charge on any atom is 0.417 e. The number of thiophene rings is 1. The largest absolute Gasteiger partial charge is 0.417 e. The van der Waals surface area contributed by atoms with E-state index in [0.717, 1.165) is 28.4 Å². The van der Waals surface area contributed by atoms with Crippen LogP contribution in [0.5, 0.6) is 0 Å². The molecule has 1 atom stereocenters. The van der Waals surface area contributed by atoms with Crippen molar-refractivity contribution in [3.63, 3.8) is 0 Å². The summed E-state index contributed by atoms with van der Waals surface area (Å²) in [5.41, 5.74) is -0.590. The molecule has 0 radical (unpaired) electrons. The van der Waals surface area contributed by atoms with Crippen molar-refractivity contribution in [3.05, 3.63) is 58.6 Å². The van der Waals surface area contributed by atoms with Crippen LogP contribution in [0, 0.1) is 0 Å². The molecule has 8 nitrogen and oxygen atoms in total. The first-order chi connectivity index (χ1) is 17.6. The number of carbonyl (C=O) groups is 3. The van der Waals surface area contributed by atoms with E-state index in [4.69, 9.17) is 11.6 Å². The fourth-order valence-corrected chi connectivity index (χ4v) is 5.79. The molecule has 4 amide bonds. The Hall–Kier alpha value is -3.64. The molecular weight excluding hydrogens is 531 g/mol. The van der Waals surface area contributed by atoms with Gasteiger partial charge in [-0.05, 0) is 43.2 Å². The SMILES string of the molecule is C=CC(=O)N1CCCC(NC(=O)c2sc3nccc4c3c2NC(=O)N4c2ccc(Cl)c(C(F)(F)F)c2)C1. The number of amides is 4. The zero-order valence-electron chi connectivity index (χ0n) is 19.1. The van der Waals surface area contributed by atoms with Gasteiger partial charge < -0.3 is 15.5 Å². The number of likely N-dealkylation sites (tertiary alicyclic amines) is 1. The molecule has 5 rings (SSSR count). The summed E-state index contributed by atoms with van der Waals surface area (Å²) in [7, 11) is 0. The molecule has 13 heteroatoms. The normalized spacial score (nSPS) is 17.5. The van der Waals surface area contributed by atoms with Crippen molar-refractivity contribution < 1.29 is 27.6 Å². The highest BCUT2D eigenvalue weighted by molar-refractivity contribution is 7.21. The third-order valence-electron chi connectivity index (χ3n) is 6.21. The van der Waals surface area contributed by atoms with Crippen molar-refractivity contribution in [1.82, 2.24) is 15.2 Å². The molecular formula is C24H19ClF3N5O3S. The van der Waals surface area contributed by atoms with Gasteiger partial charge in [-0.3, -0.25) is 14.5 Å². The Morgan fingerprint density at radius 1 is 1.30 bits per heavy atom. The number of aromatic nitrogens is 1. The molecule has 2 aromatic heterocycles. The maximum absolute atomic E-state index is 13.5. The Bertz CT molecular complexity index is 1460. The van der Waals surface area contributed by atoms with Crippen molar-refractivity contribution in [3.8, 4) is 0 Å². The number of rotatable bonds is 4. The van der Waals surface area contributed by atoms with Gasteiger partial charge in [0.05, 0.1) is 33.0 Å². The molecule has 192 valence electrons. The molecule has 0 aliphatic carbocycles. The molecule has 3 aromatic rings. The second kappa shape index (κ2) is 9.34. The van der Waals surface area contributed by atoms with Gasteiger partial charge in [0.25, 0.3) is 5.91 Å². The fraction of sp³-hybridized carbons (Fsp3) is 0.250. The van der Waals surface area contributed by atoms with Crippen LogP contribution < -0.4 is 15.5 Å². The predicted octanol–water partition coefficient (Wildman–Crippen LogP) is 5.56. The van der Waals surface area contributed by atoms with Crippen LogP contribution >= 0.6 is 22.9 Å². The summed E-state index contributed by atoms with van der Waals surface area (Å²) in [5.74, 6) is -0.658. The van der Waals surface area contributed by atoms with Crippen LogP contribution in [0.15, 0.2) is 43.1 Å². The van der Waals surface area contributed by atoms with Crippen molar-refractivity contribution >= 4 is 68.1 Å². The molecule has 2 aliphatic heterocycles. The van der Waals surface area contributed by atoms with Gasteiger partial charge >= 0.3 is 12.2 Å². The standard InChI is InChI=1S/C24H19ClF3N5O3S/c1-2-17(34)32-9-3-4-12(11-32)30-21(35)20-19-18-16(7-8-29-22(18)37-20)33(23(36)31-19)13-5-6-15(25)14(10-13)24(26,27)28/h2,5-8,10,12H,1,3-4,9,11H2,(H,30,35)(H,31,36). The lowest BCUT2D eigenvalue weighted by atomic mass is 10.1. The van der Waals surface area contributed by atoms with Gasteiger partial charge in [0.1, 0.15) is 9.71 Å². The monoisotopic (exact) mass is 549 g/mol. The van der Waals surface area contributed by atoms with E-state index >= 15 is 0 Å². The van der Waals surface area contributed by atoms with Gasteiger partial charge in [-0.2, -0.15) is 13.2 Å². The number of carbonyl (C=O) groups excluding carboxylic acids is 3.